The second-order valence-corrected chi connectivity index (χ2v) is 6.45. The van der Waals surface area contributed by atoms with Crippen LogP contribution in [-0.2, 0) is 11.3 Å². The predicted molar refractivity (Wildman–Crippen MR) is 114 cm³/mol. The SMILES string of the molecule is CCNC(=NCc1ccc(C)cc1OCCCOC)NCCN(CC)CC. The third-order valence-electron chi connectivity index (χ3n) is 4.34. The molecule has 0 aromatic heterocycles. The Morgan fingerprint density at radius 2 is 1.89 bits per heavy atom. The molecule has 0 aliphatic heterocycles. The fourth-order valence-corrected chi connectivity index (χ4v) is 2.69. The molecule has 154 valence electrons. The number of aliphatic imine (C=N–C) groups is 1. The number of hydrogen-bond acceptors (Lipinski definition) is 4. The van der Waals surface area contributed by atoms with E-state index in [-0.39, 0.29) is 0 Å². The lowest BCUT2D eigenvalue weighted by Gasteiger charge is -2.19. The van der Waals surface area contributed by atoms with E-state index in [2.05, 4.69) is 61.4 Å². The molecule has 0 saturated carbocycles. The first-order chi connectivity index (χ1) is 13.1. The monoisotopic (exact) mass is 378 g/mol. The maximum Gasteiger partial charge on any atom is 0.191 e. The molecule has 1 aromatic carbocycles. The van der Waals surface area contributed by atoms with Gasteiger partial charge in [0.15, 0.2) is 5.96 Å². The van der Waals surface area contributed by atoms with E-state index in [0.717, 1.165) is 56.4 Å². The Labute approximate surface area is 165 Å². The molecule has 27 heavy (non-hydrogen) atoms. The Morgan fingerprint density at radius 1 is 1.11 bits per heavy atom. The molecule has 6 heteroatoms. The largest absolute Gasteiger partial charge is 0.493 e. The highest BCUT2D eigenvalue weighted by molar-refractivity contribution is 5.79. The lowest BCUT2D eigenvalue weighted by molar-refractivity contribution is 0.172. The van der Waals surface area contributed by atoms with Crippen LogP contribution in [0.3, 0.4) is 0 Å². The van der Waals surface area contributed by atoms with Crippen LogP contribution in [0.2, 0.25) is 0 Å². The van der Waals surface area contributed by atoms with Crippen molar-refractivity contribution in [3.63, 3.8) is 0 Å². The number of methoxy groups -OCH3 is 1. The van der Waals surface area contributed by atoms with Gasteiger partial charge in [-0.15, -0.1) is 0 Å². The number of nitrogens with zero attached hydrogens (tertiary/aromatic N) is 2. The minimum Gasteiger partial charge on any atom is -0.493 e. The third-order valence-corrected chi connectivity index (χ3v) is 4.34. The van der Waals surface area contributed by atoms with Gasteiger partial charge >= 0.3 is 0 Å². The summed E-state index contributed by atoms with van der Waals surface area (Å²) in [6.07, 6.45) is 0.878. The van der Waals surface area contributed by atoms with Crippen molar-refractivity contribution >= 4 is 5.96 Å². The van der Waals surface area contributed by atoms with Gasteiger partial charge in [0, 0.05) is 45.3 Å². The summed E-state index contributed by atoms with van der Waals surface area (Å²) in [7, 11) is 1.71. The van der Waals surface area contributed by atoms with E-state index < -0.39 is 0 Å². The van der Waals surface area contributed by atoms with Gasteiger partial charge in [0.25, 0.3) is 0 Å². The van der Waals surface area contributed by atoms with Crippen LogP contribution in [-0.4, -0.2) is 63.9 Å². The van der Waals surface area contributed by atoms with Crippen LogP contribution in [0.25, 0.3) is 0 Å². The Kier molecular flexibility index (Phi) is 12.3. The first-order valence-electron chi connectivity index (χ1n) is 10.1. The molecule has 0 unspecified atom stereocenters. The summed E-state index contributed by atoms with van der Waals surface area (Å²) in [6.45, 7) is 15.3. The molecule has 0 bridgehead atoms. The Balaban J connectivity index is 2.68. The highest BCUT2D eigenvalue weighted by atomic mass is 16.5. The van der Waals surface area contributed by atoms with E-state index in [1.54, 1.807) is 7.11 Å². The minimum absolute atomic E-state index is 0.584. The van der Waals surface area contributed by atoms with Gasteiger partial charge in [-0.3, -0.25) is 0 Å². The summed E-state index contributed by atoms with van der Waals surface area (Å²) < 4.78 is 11.0. The van der Waals surface area contributed by atoms with Gasteiger partial charge in [0.05, 0.1) is 13.2 Å². The Morgan fingerprint density at radius 3 is 2.56 bits per heavy atom. The lowest BCUT2D eigenvalue weighted by Crippen LogP contribution is -2.41. The quantitative estimate of drug-likeness (QED) is 0.314. The highest BCUT2D eigenvalue weighted by Gasteiger charge is 2.06. The summed E-state index contributed by atoms with van der Waals surface area (Å²) >= 11 is 0. The van der Waals surface area contributed by atoms with E-state index in [4.69, 9.17) is 14.5 Å². The summed E-state index contributed by atoms with van der Waals surface area (Å²) in [6, 6.07) is 6.29. The second-order valence-electron chi connectivity index (χ2n) is 6.45. The average Bonchev–Trinajstić information content (AvgIpc) is 2.67. The number of aryl methyl sites for hydroxylation is 1. The van der Waals surface area contributed by atoms with Gasteiger partial charge in [0.1, 0.15) is 5.75 Å². The maximum atomic E-state index is 5.96. The highest BCUT2D eigenvalue weighted by Crippen LogP contribution is 2.21. The molecule has 0 spiro atoms. The van der Waals surface area contributed by atoms with Crippen molar-refractivity contribution in [1.29, 1.82) is 0 Å². The molecule has 0 aliphatic rings. The van der Waals surface area contributed by atoms with Crippen molar-refractivity contribution in [3.05, 3.63) is 29.3 Å². The van der Waals surface area contributed by atoms with Crippen LogP contribution >= 0.6 is 0 Å². The van der Waals surface area contributed by atoms with E-state index in [1.807, 2.05) is 0 Å². The molecular formula is C21H38N4O2. The van der Waals surface area contributed by atoms with Crippen molar-refractivity contribution < 1.29 is 9.47 Å². The van der Waals surface area contributed by atoms with Gasteiger partial charge < -0.3 is 25.0 Å². The summed E-state index contributed by atoms with van der Waals surface area (Å²) in [5.41, 5.74) is 2.28. The number of likely N-dealkylation sites (N-methyl/N-ethyl adjacent to an activating group) is 1. The topological polar surface area (TPSA) is 58.1 Å². The molecule has 0 amide bonds. The van der Waals surface area contributed by atoms with Crippen LogP contribution in [0.5, 0.6) is 5.75 Å². The van der Waals surface area contributed by atoms with Crippen molar-refractivity contribution in [1.82, 2.24) is 15.5 Å². The van der Waals surface area contributed by atoms with Gasteiger partial charge in [-0.2, -0.15) is 0 Å². The first-order valence-corrected chi connectivity index (χ1v) is 10.1. The van der Waals surface area contributed by atoms with Crippen molar-refractivity contribution in [3.8, 4) is 5.75 Å². The standard InChI is InChI=1S/C21H38N4O2/c1-6-22-21(23-12-13-25(7-2)8-3)24-17-19-11-10-18(4)16-20(19)27-15-9-14-26-5/h10-11,16H,6-9,12-15,17H2,1-5H3,(H2,22,23,24). The van der Waals surface area contributed by atoms with Crippen LogP contribution < -0.4 is 15.4 Å². The number of guanidine groups is 1. The van der Waals surface area contributed by atoms with Crippen molar-refractivity contribution in [2.45, 2.75) is 40.7 Å². The number of benzene rings is 1. The van der Waals surface area contributed by atoms with E-state index >= 15 is 0 Å². The summed E-state index contributed by atoms with van der Waals surface area (Å²) in [5.74, 6) is 1.75. The van der Waals surface area contributed by atoms with Gasteiger partial charge in [-0.1, -0.05) is 26.0 Å². The number of rotatable bonds is 13. The van der Waals surface area contributed by atoms with Crippen LogP contribution in [0, 0.1) is 6.92 Å². The maximum absolute atomic E-state index is 5.96. The minimum atomic E-state index is 0.584. The molecule has 0 aliphatic carbocycles. The molecule has 0 saturated heterocycles. The molecule has 2 N–H and O–H groups in total. The van der Waals surface area contributed by atoms with Gasteiger partial charge in [-0.05, 0) is 38.6 Å². The molecule has 0 atom stereocenters. The first kappa shape index (κ1) is 23.2. The average molecular weight is 379 g/mol. The lowest BCUT2D eigenvalue weighted by atomic mass is 10.1. The van der Waals surface area contributed by atoms with Crippen LogP contribution in [0.4, 0.5) is 0 Å². The second kappa shape index (κ2) is 14.3. The van der Waals surface area contributed by atoms with Crippen LogP contribution in [0.1, 0.15) is 38.3 Å². The third kappa shape index (κ3) is 9.63. The number of ether oxygens (including phenoxy) is 2. The zero-order valence-electron chi connectivity index (χ0n) is 17.8. The molecule has 6 nitrogen and oxygen atoms in total. The molecule has 0 radical (unpaired) electrons. The molecule has 1 rings (SSSR count). The normalized spacial score (nSPS) is 11.7. The van der Waals surface area contributed by atoms with Crippen molar-refractivity contribution in [2.75, 3.05) is 53.0 Å². The van der Waals surface area contributed by atoms with Crippen LogP contribution in [0.15, 0.2) is 23.2 Å². The van der Waals surface area contributed by atoms with Gasteiger partial charge in [-0.25, -0.2) is 4.99 Å². The number of hydrogen-bond donors (Lipinski definition) is 2. The van der Waals surface area contributed by atoms with E-state index in [9.17, 15) is 0 Å². The predicted octanol–water partition coefficient (Wildman–Crippen LogP) is 2.81. The molecular weight excluding hydrogens is 340 g/mol. The Bertz CT molecular complexity index is 545. The molecule has 1 aromatic rings. The summed E-state index contributed by atoms with van der Waals surface area (Å²) in [4.78, 5) is 7.13. The zero-order valence-corrected chi connectivity index (χ0v) is 17.8. The summed E-state index contributed by atoms with van der Waals surface area (Å²) in [5, 5.41) is 6.74. The molecule has 0 heterocycles. The van der Waals surface area contributed by atoms with Crippen molar-refractivity contribution in [2.24, 2.45) is 4.99 Å². The van der Waals surface area contributed by atoms with E-state index in [0.29, 0.717) is 19.8 Å². The smallest absolute Gasteiger partial charge is 0.191 e. The zero-order chi connectivity index (χ0) is 19.9. The van der Waals surface area contributed by atoms with E-state index in [1.165, 1.54) is 5.56 Å². The fraction of sp³-hybridized carbons (Fsp3) is 0.667. The number of nitrogens with one attached hydrogen (secondary N) is 2. The molecule has 0 fully saturated rings. The fourth-order valence-electron chi connectivity index (χ4n) is 2.69. The Hall–Kier alpha value is -1.79. The van der Waals surface area contributed by atoms with Gasteiger partial charge in [0.2, 0.25) is 0 Å².